The van der Waals surface area contributed by atoms with Crippen molar-refractivity contribution in [2.45, 2.75) is 268 Å². The second kappa shape index (κ2) is 61.0. The fourth-order valence-electron chi connectivity index (χ4n) is 13.0. The lowest BCUT2D eigenvalue weighted by Crippen LogP contribution is -2.61. The zero-order chi connectivity index (χ0) is 99.6. The van der Waals surface area contributed by atoms with Crippen LogP contribution in [-0.4, -0.2) is 290 Å². The standard InChI is InChI=1S/C84H133N21O26S/c1-43(2)35-56(94-64(110)42-92-71(118)59(38-48-19-12-10-13-20-48)104-81(128)68(87)46(7)106)76(123)96-52(25-28-62(86)108)73(120)100-57(36-44(3)4)77(124)97-53(27-30-66(113)114)74(121)101-58(37-45(5)6)80(127)105-69(47(8)107)82(129)98-51(26-29-65(111)112)70(117)91-41-63(109)93-54(31-34-132-9)75(122)95-50(24-18-33-90-84(88)89)72(119)102-60(39-49-21-14-11-15-22-49)78(125)103-61(40-67(115)116)79(126)99-55(83(130)131)23-16-17-32-85/h10-15,19-22,43-47,50-61,68-69,106-107H,16-18,23-42,85,87H2,1-9H3,(H2,86,108)(H,91,117)(H,92,118)(H,93,109)(H,94,110)(H,95,122)(H,96,123)(H,97,124)(H,98,129)(H,99,126)(H,100,120)(H,101,121)(H,102,119)(H,103,125)(H,104,128)(H,105,127)(H,111,112)(H,113,114)(H,115,116)(H,130,131)(H4,88,89,90)/t46-,47-,50+,51+,52+,53+,54+,55+,56+,57+,58+,59+,60+,61+,68+,69+/m1/s1. The molecule has 31 N–H and O–H groups in total. The van der Waals surface area contributed by atoms with Gasteiger partial charge in [0.1, 0.15) is 84.6 Å². The molecule has 48 heteroatoms. The summed E-state index contributed by atoms with van der Waals surface area (Å²) in [7, 11) is 0. The summed E-state index contributed by atoms with van der Waals surface area (Å²) in [4.78, 5) is 272. The largest absolute Gasteiger partial charge is 0.481 e. The molecule has 16 atom stereocenters. The van der Waals surface area contributed by atoms with Crippen LogP contribution in [-0.2, 0) is 109 Å². The first-order chi connectivity index (χ1) is 62.0. The Morgan fingerprint density at radius 1 is 0.364 bits per heavy atom. The van der Waals surface area contributed by atoms with Gasteiger partial charge in [0.2, 0.25) is 94.5 Å². The summed E-state index contributed by atoms with van der Waals surface area (Å²) in [5.74, 6) is -24.6. The van der Waals surface area contributed by atoms with Gasteiger partial charge >= 0.3 is 23.9 Å². The van der Waals surface area contributed by atoms with Gasteiger partial charge in [0, 0.05) is 38.6 Å². The number of aliphatic hydroxyl groups excluding tert-OH is 2. The molecule has 2 rings (SSSR count). The molecule has 132 heavy (non-hydrogen) atoms. The number of hydrogen-bond donors (Lipinski definition) is 27. The molecule has 0 aliphatic carbocycles. The maximum Gasteiger partial charge on any atom is 0.326 e. The van der Waals surface area contributed by atoms with E-state index >= 15 is 0 Å². The third kappa shape index (κ3) is 46.7. The zero-order valence-corrected chi connectivity index (χ0v) is 76.4. The van der Waals surface area contributed by atoms with Crippen LogP contribution in [0.2, 0.25) is 0 Å². The third-order valence-corrected chi connectivity index (χ3v) is 20.6. The Labute approximate surface area is 768 Å². The predicted octanol–water partition coefficient (Wildman–Crippen LogP) is -6.07. The zero-order valence-electron chi connectivity index (χ0n) is 75.6. The van der Waals surface area contributed by atoms with Gasteiger partial charge in [0.15, 0.2) is 5.96 Å². The number of thioether (sulfide) groups is 1. The van der Waals surface area contributed by atoms with Crippen LogP contribution < -0.4 is 108 Å². The molecule has 0 fully saturated rings. The van der Waals surface area contributed by atoms with Crippen LogP contribution in [0, 0.1) is 23.2 Å². The van der Waals surface area contributed by atoms with Gasteiger partial charge < -0.3 is 139 Å². The molecule has 0 radical (unpaired) electrons. The molecule has 0 aliphatic rings. The molecule has 0 heterocycles. The van der Waals surface area contributed by atoms with E-state index in [1.54, 1.807) is 108 Å². The molecule has 0 spiro atoms. The second-order valence-corrected chi connectivity index (χ2v) is 33.9. The predicted molar refractivity (Wildman–Crippen MR) is 478 cm³/mol. The molecule has 47 nitrogen and oxygen atoms in total. The lowest BCUT2D eigenvalue weighted by molar-refractivity contribution is -0.144. The van der Waals surface area contributed by atoms with E-state index in [-0.39, 0.29) is 89.0 Å². The van der Waals surface area contributed by atoms with Crippen molar-refractivity contribution < 1.29 is 127 Å². The van der Waals surface area contributed by atoms with E-state index in [2.05, 4.69) is 85.1 Å². The topological polar surface area (TPSA) is 783 Å². The highest BCUT2D eigenvalue weighted by Gasteiger charge is 2.40. The number of nitrogens with one attached hydrogen (secondary N) is 17. The van der Waals surface area contributed by atoms with Crippen LogP contribution in [0.1, 0.15) is 169 Å². The number of aliphatic carboxylic acids is 4. The molecule has 0 saturated carbocycles. The fraction of sp³-hybridized carbons (Fsp3) is 0.607. The monoisotopic (exact) mass is 1880 g/mol. The first-order valence-corrected chi connectivity index (χ1v) is 44.6. The van der Waals surface area contributed by atoms with Gasteiger partial charge in [-0.3, -0.25) is 96.5 Å². The highest BCUT2D eigenvalue weighted by atomic mass is 32.2. The number of carboxylic acid groups (broad SMARTS) is 4. The lowest BCUT2D eigenvalue weighted by atomic mass is 9.99. The van der Waals surface area contributed by atoms with Gasteiger partial charge in [0.05, 0.1) is 31.7 Å². The Balaban J connectivity index is 2.47. The molecular weight excluding hydrogens is 1750 g/mol. The third-order valence-electron chi connectivity index (χ3n) is 19.9. The number of unbranched alkanes of at least 4 members (excludes halogenated alkanes) is 1. The van der Waals surface area contributed by atoms with E-state index in [0.717, 1.165) is 6.92 Å². The number of carboxylic acids is 4. The smallest absolute Gasteiger partial charge is 0.326 e. The number of hydrogen-bond acceptors (Lipinski definition) is 26. The molecular formula is C84H133N21O26S. The highest BCUT2D eigenvalue weighted by Crippen LogP contribution is 2.17. The quantitative estimate of drug-likeness (QED) is 0.0166. The van der Waals surface area contributed by atoms with Crippen LogP contribution in [0.3, 0.4) is 0 Å². The van der Waals surface area contributed by atoms with E-state index in [9.17, 15) is 127 Å². The Bertz CT molecular complexity index is 4210. The molecule has 0 saturated heterocycles. The van der Waals surface area contributed by atoms with E-state index in [1.165, 1.54) is 18.7 Å². The molecule has 2 aromatic rings. The van der Waals surface area contributed by atoms with Crippen molar-refractivity contribution in [1.29, 1.82) is 5.41 Å². The Kier molecular flexibility index (Phi) is 53.3. The van der Waals surface area contributed by atoms with Crippen LogP contribution in [0.25, 0.3) is 0 Å². The normalized spacial score (nSPS) is 14.8. The average Bonchev–Trinajstić information content (AvgIpc) is 0.849. The average molecular weight is 1890 g/mol. The summed E-state index contributed by atoms with van der Waals surface area (Å²) >= 11 is 1.22. The molecule has 0 aliphatic heterocycles. The first kappa shape index (κ1) is 115. The van der Waals surface area contributed by atoms with Crippen LogP contribution in [0.15, 0.2) is 60.7 Å². The summed E-state index contributed by atoms with van der Waals surface area (Å²) in [5, 5.41) is 107. The summed E-state index contributed by atoms with van der Waals surface area (Å²) < 4.78 is 0. The van der Waals surface area contributed by atoms with E-state index in [4.69, 9.17) is 28.3 Å². The van der Waals surface area contributed by atoms with Gasteiger partial charge in [-0.15, -0.1) is 0 Å². The minimum atomic E-state index is -2.03. The first-order valence-electron chi connectivity index (χ1n) is 43.2. The number of nitrogens with two attached hydrogens (primary N) is 4. The van der Waals surface area contributed by atoms with Gasteiger partial charge in [-0.2, -0.15) is 11.8 Å². The second-order valence-electron chi connectivity index (χ2n) is 32.9. The SMILES string of the molecule is CSCC[C@H](NC(=O)CNC(=O)[C@H](CCC(=O)O)NC(=O)[C@@H](NC(=O)[C@H](CC(C)C)NC(=O)[C@H](CCC(=O)O)NC(=O)[C@H](CC(C)C)NC(=O)[C@H](CCC(N)=O)NC(=O)[C@H](CC(C)C)NC(=O)CNC(=O)[C@H](Cc1ccccc1)NC(=O)[C@@H](N)[C@@H](C)O)[C@@H](C)O)C(=O)N[C@@H](CCCNC(=N)N)C(=O)N[C@@H](Cc1ccccc1)C(=O)N[C@@H](CC(=O)O)C(=O)N[C@@H](CCCCN)C(=O)O. The number of primary amides is 1. The summed E-state index contributed by atoms with van der Waals surface area (Å²) in [5.41, 5.74) is 23.4. The van der Waals surface area contributed by atoms with Gasteiger partial charge in [-0.1, -0.05) is 102 Å². The van der Waals surface area contributed by atoms with Crippen molar-refractivity contribution in [1.82, 2.24) is 85.1 Å². The highest BCUT2D eigenvalue weighted by molar-refractivity contribution is 7.98. The van der Waals surface area contributed by atoms with Gasteiger partial charge in [-0.05, 0) is 138 Å². The van der Waals surface area contributed by atoms with Crippen molar-refractivity contribution in [3.05, 3.63) is 71.8 Å². The minimum absolute atomic E-state index is 0.00602. The van der Waals surface area contributed by atoms with Crippen molar-refractivity contribution in [3.63, 3.8) is 0 Å². The summed E-state index contributed by atoms with van der Waals surface area (Å²) in [6.07, 6.45) is -7.22. The summed E-state index contributed by atoms with van der Waals surface area (Å²) in [6.45, 7) is 10.6. The molecule has 2 aromatic carbocycles. The number of benzene rings is 2. The Morgan fingerprint density at radius 3 is 1.11 bits per heavy atom. The molecule has 0 aromatic heterocycles. The maximum absolute atomic E-state index is 14.5. The van der Waals surface area contributed by atoms with Crippen molar-refractivity contribution >= 4 is 136 Å². The van der Waals surface area contributed by atoms with E-state index in [0.29, 0.717) is 17.5 Å². The number of carbonyl (C=O) groups excluding carboxylic acids is 16. The van der Waals surface area contributed by atoms with Crippen LogP contribution >= 0.6 is 11.8 Å². The number of carbonyl (C=O) groups is 20. The van der Waals surface area contributed by atoms with Crippen molar-refractivity contribution in [2.24, 2.45) is 40.7 Å². The number of amides is 16. The van der Waals surface area contributed by atoms with Gasteiger partial charge in [-0.25, -0.2) is 4.79 Å². The van der Waals surface area contributed by atoms with Crippen LogP contribution in [0.4, 0.5) is 0 Å². The number of rotatable bonds is 65. The molecule has 736 valence electrons. The van der Waals surface area contributed by atoms with Crippen molar-refractivity contribution in [2.75, 3.05) is 38.2 Å². The summed E-state index contributed by atoms with van der Waals surface area (Å²) in [6, 6.07) is -6.50. The lowest BCUT2D eigenvalue weighted by Gasteiger charge is -2.29. The Hall–Kier alpha value is -12.7. The maximum atomic E-state index is 14.5. The van der Waals surface area contributed by atoms with Gasteiger partial charge in [0.25, 0.3) is 0 Å². The number of guanidine groups is 1. The van der Waals surface area contributed by atoms with E-state index < -0.39 is 291 Å². The number of aliphatic hydroxyl groups is 2. The minimum Gasteiger partial charge on any atom is -0.481 e. The Morgan fingerprint density at radius 2 is 0.705 bits per heavy atom. The molecule has 0 bridgehead atoms. The van der Waals surface area contributed by atoms with E-state index in [1.807, 2.05) is 0 Å². The molecule has 0 unspecified atom stereocenters. The molecule has 16 amide bonds. The van der Waals surface area contributed by atoms with Crippen LogP contribution in [0.5, 0.6) is 0 Å². The fourth-order valence-corrected chi connectivity index (χ4v) is 13.4. The van der Waals surface area contributed by atoms with Crippen molar-refractivity contribution in [3.8, 4) is 0 Å².